The lowest BCUT2D eigenvalue weighted by Gasteiger charge is -2.21. The van der Waals surface area contributed by atoms with Crippen molar-refractivity contribution in [3.8, 4) is 5.75 Å². The summed E-state index contributed by atoms with van der Waals surface area (Å²) in [5.41, 5.74) is 0.245. The van der Waals surface area contributed by atoms with Crippen molar-refractivity contribution < 1.29 is 23.9 Å². The molecular weight excluding hydrogens is 386 g/mol. The maximum atomic E-state index is 12.4. The molecule has 0 aliphatic heterocycles. The van der Waals surface area contributed by atoms with E-state index >= 15 is 0 Å². The number of hydrogen-bond donors (Lipinski definition) is 3. The third kappa shape index (κ3) is 10.7. The first-order valence-corrected chi connectivity index (χ1v) is 10.3. The van der Waals surface area contributed by atoms with Crippen molar-refractivity contribution in [1.82, 2.24) is 16.0 Å². The van der Waals surface area contributed by atoms with Gasteiger partial charge in [0.05, 0.1) is 19.1 Å². The van der Waals surface area contributed by atoms with Crippen LogP contribution in [-0.2, 0) is 14.3 Å². The number of amides is 3. The average Bonchev–Trinajstić information content (AvgIpc) is 2.63. The van der Waals surface area contributed by atoms with E-state index in [9.17, 15) is 14.4 Å². The number of carbonyl (C=O) groups excluding carboxylic acids is 3. The van der Waals surface area contributed by atoms with E-state index in [1.807, 2.05) is 52.0 Å². The molecule has 1 aromatic rings. The summed E-state index contributed by atoms with van der Waals surface area (Å²) in [6.45, 7) is 10.2. The molecule has 1 rings (SSSR count). The molecule has 0 bridgehead atoms. The van der Waals surface area contributed by atoms with E-state index in [-0.39, 0.29) is 18.2 Å². The molecule has 0 aliphatic rings. The van der Waals surface area contributed by atoms with Gasteiger partial charge in [-0.2, -0.15) is 0 Å². The van der Waals surface area contributed by atoms with Crippen LogP contribution in [0.5, 0.6) is 5.75 Å². The quantitative estimate of drug-likeness (QED) is 0.476. The molecule has 0 spiro atoms. The Morgan fingerprint density at radius 2 is 1.67 bits per heavy atom. The minimum atomic E-state index is -0.525. The van der Waals surface area contributed by atoms with Crippen LogP contribution in [0.15, 0.2) is 24.3 Å². The molecule has 1 atom stereocenters. The van der Waals surface area contributed by atoms with E-state index in [4.69, 9.17) is 9.47 Å². The fourth-order valence-electron chi connectivity index (χ4n) is 2.78. The first kappa shape index (κ1) is 25.3. The molecule has 1 aromatic carbocycles. The highest BCUT2D eigenvalue weighted by Crippen LogP contribution is 2.27. The van der Waals surface area contributed by atoms with Gasteiger partial charge in [0, 0.05) is 25.6 Å². The molecule has 8 heteroatoms. The van der Waals surface area contributed by atoms with Gasteiger partial charge < -0.3 is 25.4 Å². The molecule has 3 N–H and O–H groups in total. The van der Waals surface area contributed by atoms with Crippen LogP contribution in [0.4, 0.5) is 4.79 Å². The number of para-hydroxylation sites is 1. The second-order valence-electron chi connectivity index (χ2n) is 7.91. The molecular formula is C22H35N3O5. The summed E-state index contributed by atoms with van der Waals surface area (Å²) >= 11 is 0. The van der Waals surface area contributed by atoms with E-state index in [1.54, 1.807) is 0 Å². The van der Waals surface area contributed by atoms with Gasteiger partial charge in [0.25, 0.3) is 0 Å². The molecule has 0 saturated heterocycles. The predicted molar refractivity (Wildman–Crippen MR) is 115 cm³/mol. The molecule has 168 valence electrons. The van der Waals surface area contributed by atoms with Gasteiger partial charge in [0.2, 0.25) is 11.8 Å². The van der Waals surface area contributed by atoms with Crippen LogP contribution in [0, 0.1) is 0 Å². The second kappa shape index (κ2) is 12.7. The summed E-state index contributed by atoms with van der Waals surface area (Å²) < 4.78 is 10.8. The topological polar surface area (TPSA) is 106 Å². The number of benzene rings is 1. The number of hydrogen-bond acceptors (Lipinski definition) is 5. The monoisotopic (exact) mass is 421 g/mol. The molecule has 30 heavy (non-hydrogen) atoms. The Hall–Kier alpha value is -2.77. The Morgan fingerprint density at radius 1 is 1.03 bits per heavy atom. The van der Waals surface area contributed by atoms with Gasteiger partial charge in [-0.15, -0.1) is 0 Å². The lowest BCUT2D eigenvalue weighted by Crippen LogP contribution is -2.34. The van der Waals surface area contributed by atoms with Crippen molar-refractivity contribution in [3.05, 3.63) is 29.8 Å². The molecule has 0 saturated carbocycles. The van der Waals surface area contributed by atoms with Crippen LogP contribution < -0.4 is 20.7 Å². The van der Waals surface area contributed by atoms with Crippen molar-refractivity contribution in [2.45, 2.75) is 65.5 Å². The highest BCUT2D eigenvalue weighted by molar-refractivity contribution is 5.79. The standard InChI is InChI=1S/C22H35N3O5/c1-6-29-19-12-8-7-11-17(19)18(25-16(2)26)15-20(27)23-13-9-10-14-24-21(28)30-22(3,4)5/h7-8,11-12,18H,6,9-10,13-15H2,1-5H3,(H,23,27)(H,24,28)(H,25,26)/t18-/m0/s1. The number of unbranched alkanes of at least 4 members (excludes halogenated alkanes) is 1. The fraction of sp³-hybridized carbons (Fsp3) is 0.591. The molecule has 0 radical (unpaired) electrons. The summed E-state index contributed by atoms with van der Waals surface area (Å²) in [6, 6.07) is 6.90. The SMILES string of the molecule is CCOc1ccccc1[C@H](CC(=O)NCCCCNC(=O)OC(C)(C)C)NC(C)=O. The Morgan fingerprint density at radius 3 is 2.27 bits per heavy atom. The van der Waals surface area contributed by atoms with Crippen LogP contribution in [0.3, 0.4) is 0 Å². The zero-order valence-corrected chi connectivity index (χ0v) is 18.7. The lowest BCUT2D eigenvalue weighted by molar-refractivity contribution is -0.122. The second-order valence-corrected chi connectivity index (χ2v) is 7.91. The summed E-state index contributed by atoms with van der Waals surface area (Å²) in [5, 5.41) is 8.37. The summed E-state index contributed by atoms with van der Waals surface area (Å²) in [5.74, 6) is 0.271. The summed E-state index contributed by atoms with van der Waals surface area (Å²) in [6.07, 6.45) is 1.08. The summed E-state index contributed by atoms with van der Waals surface area (Å²) in [4.78, 5) is 35.6. The van der Waals surface area contributed by atoms with Crippen molar-refractivity contribution in [2.75, 3.05) is 19.7 Å². The maximum Gasteiger partial charge on any atom is 0.407 e. The van der Waals surface area contributed by atoms with E-state index in [0.717, 1.165) is 5.56 Å². The number of alkyl carbamates (subject to hydrolysis) is 1. The molecule has 8 nitrogen and oxygen atoms in total. The van der Waals surface area contributed by atoms with Crippen LogP contribution in [0.25, 0.3) is 0 Å². The van der Waals surface area contributed by atoms with Crippen LogP contribution >= 0.6 is 0 Å². The minimum absolute atomic E-state index is 0.111. The van der Waals surface area contributed by atoms with Crippen LogP contribution in [-0.4, -0.2) is 43.2 Å². The van der Waals surface area contributed by atoms with E-state index in [2.05, 4.69) is 16.0 Å². The molecule has 0 fully saturated rings. The van der Waals surface area contributed by atoms with Gasteiger partial charge in [0.15, 0.2) is 0 Å². The Labute approximate surface area is 179 Å². The van der Waals surface area contributed by atoms with Gasteiger partial charge in [-0.3, -0.25) is 9.59 Å². The number of rotatable bonds is 11. The van der Waals surface area contributed by atoms with Gasteiger partial charge in [0.1, 0.15) is 11.4 Å². The highest BCUT2D eigenvalue weighted by Gasteiger charge is 2.20. The number of nitrogens with one attached hydrogen (secondary N) is 3. The Kier molecular flexibility index (Phi) is 10.7. The predicted octanol–water partition coefficient (Wildman–Crippen LogP) is 3.07. The van der Waals surface area contributed by atoms with E-state index in [1.165, 1.54) is 6.92 Å². The molecule has 0 aliphatic carbocycles. The molecule has 0 aromatic heterocycles. The normalized spacial score (nSPS) is 11.9. The largest absolute Gasteiger partial charge is 0.494 e. The van der Waals surface area contributed by atoms with Gasteiger partial charge in [-0.25, -0.2) is 4.79 Å². The zero-order chi connectivity index (χ0) is 22.6. The molecule has 0 heterocycles. The van der Waals surface area contributed by atoms with Crippen LogP contribution in [0.2, 0.25) is 0 Å². The highest BCUT2D eigenvalue weighted by atomic mass is 16.6. The van der Waals surface area contributed by atoms with E-state index < -0.39 is 17.7 Å². The zero-order valence-electron chi connectivity index (χ0n) is 18.7. The Bertz CT molecular complexity index is 700. The van der Waals surface area contributed by atoms with E-state index in [0.29, 0.717) is 38.3 Å². The van der Waals surface area contributed by atoms with Crippen molar-refractivity contribution >= 4 is 17.9 Å². The smallest absolute Gasteiger partial charge is 0.407 e. The third-order valence-corrected chi connectivity index (χ3v) is 3.96. The van der Waals surface area contributed by atoms with Gasteiger partial charge in [-0.05, 0) is 46.6 Å². The number of ether oxygens (including phenoxy) is 2. The van der Waals surface area contributed by atoms with Crippen molar-refractivity contribution in [3.63, 3.8) is 0 Å². The third-order valence-electron chi connectivity index (χ3n) is 3.96. The van der Waals surface area contributed by atoms with Crippen LogP contribution in [0.1, 0.15) is 65.5 Å². The van der Waals surface area contributed by atoms with Crippen molar-refractivity contribution in [2.24, 2.45) is 0 Å². The lowest BCUT2D eigenvalue weighted by atomic mass is 10.0. The first-order chi connectivity index (χ1) is 14.1. The first-order valence-electron chi connectivity index (χ1n) is 10.3. The average molecular weight is 422 g/mol. The molecule has 3 amide bonds. The number of carbonyl (C=O) groups is 3. The summed E-state index contributed by atoms with van der Waals surface area (Å²) in [7, 11) is 0. The minimum Gasteiger partial charge on any atom is -0.494 e. The van der Waals surface area contributed by atoms with Gasteiger partial charge >= 0.3 is 6.09 Å². The molecule has 0 unspecified atom stereocenters. The maximum absolute atomic E-state index is 12.4. The Balaban J connectivity index is 2.45. The fourth-order valence-corrected chi connectivity index (χ4v) is 2.78. The van der Waals surface area contributed by atoms with Crippen molar-refractivity contribution in [1.29, 1.82) is 0 Å². The van der Waals surface area contributed by atoms with Gasteiger partial charge in [-0.1, -0.05) is 18.2 Å².